The molecule has 0 spiro atoms. The summed E-state index contributed by atoms with van der Waals surface area (Å²) in [7, 11) is 0. The number of likely N-dealkylation sites (tertiary alicyclic amines) is 1. The lowest BCUT2D eigenvalue weighted by atomic mass is 9.99. The van der Waals surface area contributed by atoms with Crippen molar-refractivity contribution in [1.82, 2.24) is 4.90 Å². The Morgan fingerprint density at radius 2 is 1.95 bits per heavy atom. The summed E-state index contributed by atoms with van der Waals surface area (Å²) in [5.41, 5.74) is 1.17. The van der Waals surface area contributed by atoms with Crippen molar-refractivity contribution in [3.63, 3.8) is 0 Å². The number of hydrogen-bond acceptors (Lipinski definition) is 3. The number of thioether (sulfide) groups is 1. The fourth-order valence-electron chi connectivity index (χ4n) is 3.17. The molecule has 0 N–H and O–H groups in total. The minimum Gasteiger partial charge on any atom is -0.335 e. The summed E-state index contributed by atoms with van der Waals surface area (Å²) in [6.45, 7) is 4.28. The van der Waals surface area contributed by atoms with Crippen molar-refractivity contribution < 1.29 is 9.59 Å². The van der Waals surface area contributed by atoms with Gasteiger partial charge in [-0.1, -0.05) is 54.2 Å². The molecule has 1 aliphatic rings. The lowest BCUT2D eigenvalue weighted by Gasteiger charge is -2.26. The average molecular weight is 313 g/mol. The van der Waals surface area contributed by atoms with E-state index in [4.69, 9.17) is 0 Å². The van der Waals surface area contributed by atoms with Gasteiger partial charge in [0.05, 0.1) is 6.04 Å². The Hall–Kier alpha value is -1.81. The zero-order valence-electron chi connectivity index (χ0n) is 12.8. The highest BCUT2D eigenvalue weighted by molar-refractivity contribution is 8.14. The number of amides is 1. The number of carbonyl (C=O) groups is 2. The summed E-state index contributed by atoms with van der Waals surface area (Å²) in [6, 6.07) is 14.5. The Balaban J connectivity index is 1.88. The van der Waals surface area contributed by atoms with E-state index < -0.39 is 0 Å². The molecular formula is C18H19NO2S. The van der Waals surface area contributed by atoms with Crippen LogP contribution in [0, 0.1) is 0 Å². The molecule has 114 valence electrons. The van der Waals surface area contributed by atoms with E-state index >= 15 is 0 Å². The summed E-state index contributed by atoms with van der Waals surface area (Å²) in [5.74, 6) is 0.138. The third-order valence-electron chi connectivity index (χ3n) is 4.20. The van der Waals surface area contributed by atoms with Crippen LogP contribution >= 0.6 is 11.8 Å². The van der Waals surface area contributed by atoms with Gasteiger partial charge in [-0.15, -0.1) is 0 Å². The number of hydrogen-bond donors (Lipinski definition) is 0. The molecular weight excluding hydrogens is 294 g/mol. The topological polar surface area (TPSA) is 37.4 Å². The lowest BCUT2D eigenvalue weighted by molar-refractivity contribution is -0.129. The molecule has 4 heteroatoms. The maximum absolute atomic E-state index is 12.3. The Morgan fingerprint density at radius 1 is 1.23 bits per heavy atom. The first-order chi connectivity index (χ1) is 10.6. The van der Waals surface area contributed by atoms with E-state index in [1.807, 2.05) is 23.1 Å². The molecule has 22 heavy (non-hydrogen) atoms. The van der Waals surface area contributed by atoms with Crippen LogP contribution < -0.4 is 0 Å². The van der Waals surface area contributed by atoms with Gasteiger partial charge < -0.3 is 4.90 Å². The van der Waals surface area contributed by atoms with Crippen LogP contribution in [0.25, 0.3) is 10.8 Å². The number of rotatable bonds is 3. The van der Waals surface area contributed by atoms with Crippen molar-refractivity contribution in [1.29, 1.82) is 0 Å². The molecule has 1 unspecified atom stereocenters. The van der Waals surface area contributed by atoms with E-state index in [1.54, 1.807) is 6.92 Å². The van der Waals surface area contributed by atoms with Gasteiger partial charge in [-0.05, 0) is 23.3 Å². The molecule has 2 atom stereocenters. The standard InChI is InChI=1S/C18H19NO2S/c1-12(19-11-15(10-18(19)21)22-13(2)20)16-9-5-7-14-6-3-4-8-17(14)16/h3-9,12,15H,10-11H2,1-2H3/t12-,15?/m0/s1. The molecule has 1 aliphatic heterocycles. The van der Waals surface area contributed by atoms with Crippen molar-refractivity contribution in [3.05, 3.63) is 48.0 Å². The minimum atomic E-state index is 0.0242. The maximum Gasteiger partial charge on any atom is 0.224 e. The van der Waals surface area contributed by atoms with Gasteiger partial charge in [0.25, 0.3) is 0 Å². The van der Waals surface area contributed by atoms with E-state index in [9.17, 15) is 9.59 Å². The summed E-state index contributed by atoms with van der Waals surface area (Å²) in [5, 5.41) is 2.54. The highest BCUT2D eigenvalue weighted by Gasteiger charge is 2.34. The van der Waals surface area contributed by atoms with E-state index in [0.29, 0.717) is 13.0 Å². The molecule has 1 fully saturated rings. The molecule has 1 saturated heterocycles. The molecule has 0 bridgehead atoms. The monoisotopic (exact) mass is 313 g/mol. The fourth-order valence-corrected chi connectivity index (χ4v) is 4.10. The van der Waals surface area contributed by atoms with Gasteiger partial charge >= 0.3 is 0 Å². The molecule has 0 radical (unpaired) electrons. The third kappa shape index (κ3) is 2.88. The smallest absolute Gasteiger partial charge is 0.224 e. The van der Waals surface area contributed by atoms with Crippen molar-refractivity contribution in [2.45, 2.75) is 31.6 Å². The zero-order valence-corrected chi connectivity index (χ0v) is 13.6. The van der Waals surface area contributed by atoms with Crippen LogP contribution in [0.4, 0.5) is 0 Å². The quantitative estimate of drug-likeness (QED) is 0.865. The summed E-state index contributed by atoms with van der Waals surface area (Å²) in [6.07, 6.45) is 0.458. The molecule has 0 saturated carbocycles. The number of nitrogens with zero attached hydrogens (tertiary/aromatic N) is 1. The van der Waals surface area contributed by atoms with Crippen LogP contribution in [0.2, 0.25) is 0 Å². The molecule has 0 aliphatic carbocycles. The van der Waals surface area contributed by atoms with E-state index in [-0.39, 0.29) is 22.3 Å². The van der Waals surface area contributed by atoms with Crippen molar-refractivity contribution in [3.8, 4) is 0 Å². The van der Waals surface area contributed by atoms with Gasteiger partial charge in [-0.25, -0.2) is 0 Å². The second-order valence-corrected chi connectivity index (χ2v) is 7.20. The van der Waals surface area contributed by atoms with E-state index in [0.717, 1.165) is 0 Å². The predicted molar refractivity (Wildman–Crippen MR) is 90.8 cm³/mol. The summed E-state index contributed by atoms with van der Waals surface area (Å²) < 4.78 is 0. The van der Waals surface area contributed by atoms with Crippen molar-refractivity contribution in [2.24, 2.45) is 0 Å². The highest BCUT2D eigenvalue weighted by atomic mass is 32.2. The normalized spacial score (nSPS) is 19.6. The Kier molecular flexibility index (Phi) is 4.21. The SMILES string of the molecule is CC(=O)SC1CC(=O)N([C@@H](C)c2cccc3ccccc23)C1. The first-order valence-corrected chi connectivity index (χ1v) is 8.38. The molecule has 3 rings (SSSR count). The first kappa shape index (κ1) is 15.1. The Morgan fingerprint density at radius 3 is 2.73 bits per heavy atom. The molecule has 2 aromatic carbocycles. The van der Waals surface area contributed by atoms with Crippen LogP contribution in [0.5, 0.6) is 0 Å². The predicted octanol–water partition coefficient (Wildman–Crippen LogP) is 3.78. The molecule has 2 aromatic rings. The van der Waals surface area contributed by atoms with Crippen LogP contribution in [-0.2, 0) is 9.59 Å². The van der Waals surface area contributed by atoms with E-state index in [1.165, 1.54) is 28.1 Å². The van der Waals surface area contributed by atoms with Gasteiger partial charge in [0.15, 0.2) is 5.12 Å². The lowest BCUT2D eigenvalue weighted by Crippen LogP contribution is -2.29. The fraction of sp³-hybridized carbons (Fsp3) is 0.333. The van der Waals surface area contributed by atoms with Crippen molar-refractivity contribution >= 4 is 33.6 Å². The van der Waals surface area contributed by atoms with Gasteiger partial charge in [-0.3, -0.25) is 9.59 Å². The van der Waals surface area contributed by atoms with Crippen LogP contribution in [0.3, 0.4) is 0 Å². The third-order valence-corrected chi connectivity index (χ3v) is 5.18. The number of benzene rings is 2. The molecule has 1 heterocycles. The summed E-state index contributed by atoms with van der Waals surface area (Å²) in [4.78, 5) is 25.5. The minimum absolute atomic E-state index is 0.0242. The van der Waals surface area contributed by atoms with Crippen LogP contribution in [0.1, 0.15) is 31.9 Å². The van der Waals surface area contributed by atoms with Gasteiger partial charge in [-0.2, -0.15) is 0 Å². The second-order valence-electron chi connectivity index (χ2n) is 5.73. The molecule has 3 nitrogen and oxygen atoms in total. The van der Waals surface area contributed by atoms with Gasteiger partial charge in [0, 0.05) is 25.1 Å². The van der Waals surface area contributed by atoms with Gasteiger partial charge in [0.2, 0.25) is 5.91 Å². The van der Waals surface area contributed by atoms with Crippen molar-refractivity contribution in [2.75, 3.05) is 6.54 Å². The largest absolute Gasteiger partial charge is 0.335 e. The maximum atomic E-state index is 12.3. The Bertz CT molecular complexity index is 723. The Labute approximate surface area is 134 Å². The van der Waals surface area contributed by atoms with Crippen LogP contribution in [0.15, 0.2) is 42.5 Å². The second kappa shape index (κ2) is 6.13. The highest BCUT2D eigenvalue weighted by Crippen LogP contribution is 2.33. The van der Waals surface area contributed by atoms with Gasteiger partial charge in [0.1, 0.15) is 0 Å². The first-order valence-electron chi connectivity index (χ1n) is 7.50. The number of carbonyl (C=O) groups excluding carboxylic acids is 2. The number of fused-ring (bicyclic) bond motifs is 1. The zero-order chi connectivity index (χ0) is 15.7. The molecule has 0 aromatic heterocycles. The van der Waals surface area contributed by atoms with E-state index in [2.05, 4.69) is 31.2 Å². The average Bonchev–Trinajstić information content (AvgIpc) is 2.85. The van der Waals surface area contributed by atoms with Crippen LogP contribution in [-0.4, -0.2) is 27.7 Å². The summed E-state index contributed by atoms with van der Waals surface area (Å²) >= 11 is 1.28. The molecule has 1 amide bonds.